The number of benzene rings is 2. The number of fused-ring (bicyclic) bond motifs is 1. The first-order chi connectivity index (χ1) is 12.5. The summed E-state index contributed by atoms with van der Waals surface area (Å²) in [6.07, 6.45) is 3.02. The van der Waals surface area contributed by atoms with Crippen LogP contribution >= 0.6 is 23.2 Å². The molecule has 0 unspecified atom stereocenters. The summed E-state index contributed by atoms with van der Waals surface area (Å²) in [5, 5.41) is 4.60. The van der Waals surface area contributed by atoms with Gasteiger partial charge >= 0.3 is 0 Å². The minimum atomic E-state index is -0.281. The van der Waals surface area contributed by atoms with E-state index in [4.69, 9.17) is 27.9 Å². The minimum Gasteiger partial charge on any atom is -0.495 e. The van der Waals surface area contributed by atoms with Gasteiger partial charge in [0.2, 0.25) is 5.91 Å². The molecule has 1 N–H and O–H groups in total. The molecule has 3 rings (SSSR count). The van der Waals surface area contributed by atoms with E-state index in [-0.39, 0.29) is 5.91 Å². The van der Waals surface area contributed by atoms with Crippen molar-refractivity contribution in [3.63, 3.8) is 0 Å². The highest BCUT2D eigenvalue weighted by Gasteiger charge is 2.09. The summed E-state index contributed by atoms with van der Waals surface area (Å²) in [4.78, 5) is 16.8. The molecule has 3 aromatic rings. The van der Waals surface area contributed by atoms with E-state index in [1.807, 2.05) is 37.3 Å². The number of aromatic nitrogens is 1. The second-order valence-corrected chi connectivity index (χ2v) is 6.50. The first kappa shape index (κ1) is 18.2. The molecule has 0 aliphatic rings. The molecule has 0 saturated carbocycles. The standard InChI is InChI=1S/C20H16Cl2N2O2/c1-12-6-8-15-17(23-12)4-3-5-18(15)24-19(25)9-7-13-10-14(21)11-16(22)20(13)26-2/h3-11H,1-2H3,(H,24,25)/b9-7+. The van der Waals surface area contributed by atoms with E-state index in [2.05, 4.69) is 10.3 Å². The zero-order valence-corrected chi connectivity index (χ0v) is 15.7. The fraction of sp³-hybridized carbons (Fsp3) is 0.100. The van der Waals surface area contributed by atoms with Gasteiger partial charge in [-0.25, -0.2) is 0 Å². The zero-order valence-electron chi connectivity index (χ0n) is 14.2. The van der Waals surface area contributed by atoms with E-state index in [0.717, 1.165) is 16.6 Å². The number of carbonyl (C=O) groups excluding carboxylic acids is 1. The predicted octanol–water partition coefficient (Wildman–Crippen LogP) is 5.51. The Bertz CT molecular complexity index is 1020. The molecule has 0 aliphatic carbocycles. The van der Waals surface area contributed by atoms with Crippen LogP contribution in [0.1, 0.15) is 11.3 Å². The molecular formula is C20H16Cl2N2O2. The third-order valence-corrected chi connectivity index (χ3v) is 4.28. The summed E-state index contributed by atoms with van der Waals surface area (Å²) in [5.74, 6) is 0.182. The number of hydrogen-bond donors (Lipinski definition) is 1. The summed E-state index contributed by atoms with van der Waals surface area (Å²) >= 11 is 12.1. The van der Waals surface area contributed by atoms with Gasteiger partial charge in [0.05, 0.1) is 23.3 Å². The fourth-order valence-corrected chi connectivity index (χ4v) is 3.21. The first-order valence-corrected chi connectivity index (χ1v) is 8.62. The lowest BCUT2D eigenvalue weighted by atomic mass is 10.1. The van der Waals surface area contributed by atoms with Crippen LogP contribution in [0, 0.1) is 6.92 Å². The quantitative estimate of drug-likeness (QED) is 0.601. The molecule has 0 aliphatic heterocycles. The molecule has 0 radical (unpaired) electrons. The number of nitrogens with one attached hydrogen (secondary N) is 1. The Morgan fingerprint density at radius 3 is 2.77 bits per heavy atom. The van der Waals surface area contributed by atoms with Crippen molar-refractivity contribution < 1.29 is 9.53 Å². The number of pyridine rings is 1. The second kappa shape index (κ2) is 7.77. The molecule has 2 aromatic carbocycles. The molecule has 1 amide bonds. The number of hydrogen-bond acceptors (Lipinski definition) is 3. The van der Waals surface area contributed by atoms with E-state index in [9.17, 15) is 4.79 Å². The van der Waals surface area contributed by atoms with Crippen molar-refractivity contribution in [3.8, 4) is 5.75 Å². The van der Waals surface area contributed by atoms with Crippen LogP contribution in [0.5, 0.6) is 5.75 Å². The number of ether oxygens (including phenoxy) is 1. The van der Waals surface area contributed by atoms with Crippen molar-refractivity contribution in [3.05, 3.63) is 69.8 Å². The number of carbonyl (C=O) groups is 1. The molecule has 0 atom stereocenters. The molecule has 0 fully saturated rings. The highest BCUT2D eigenvalue weighted by Crippen LogP contribution is 2.33. The summed E-state index contributed by atoms with van der Waals surface area (Å²) in [6.45, 7) is 1.93. The van der Waals surface area contributed by atoms with Gasteiger partial charge in [-0.15, -0.1) is 0 Å². The summed E-state index contributed by atoms with van der Waals surface area (Å²) in [5.41, 5.74) is 3.07. The number of anilines is 1. The molecule has 1 heterocycles. The van der Waals surface area contributed by atoms with Crippen LogP contribution in [0.3, 0.4) is 0 Å². The number of nitrogens with zero attached hydrogens (tertiary/aromatic N) is 1. The van der Waals surface area contributed by atoms with Gasteiger partial charge in [0.1, 0.15) is 5.75 Å². The summed E-state index contributed by atoms with van der Waals surface area (Å²) in [7, 11) is 1.51. The van der Waals surface area contributed by atoms with Gasteiger partial charge in [0.25, 0.3) is 0 Å². The van der Waals surface area contributed by atoms with Crippen LogP contribution in [-0.2, 0) is 4.79 Å². The maximum Gasteiger partial charge on any atom is 0.248 e. The first-order valence-electron chi connectivity index (χ1n) is 7.86. The van der Waals surface area contributed by atoms with Gasteiger partial charge in [0.15, 0.2) is 0 Å². The number of methoxy groups -OCH3 is 1. The van der Waals surface area contributed by atoms with Crippen LogP contribution in [0.25, 0.3) is 17.0 Å². The Morgan fingerprint density at radius 2 is 2.00 bits per heavy atom. The molecule has 1 aromatic heterocycles. The number of rotatable bonds is 4. The fourth-order valence-electron chi connectivity index (χ4n) is 2.63. The van der Waals surface area contributed by atoms with Gasteiger partial charge < -0.3 is 10.1 Å². The topological polar surface area (TPSA) is 51.2 Å². The number of amides is 1. The average Bonchev–Trinajstić information content (AvgIpc) is 2.59. The van der Waals surface area contributed by atoms with E-state index in [0.29, 0.717) is 27.0 Å². The normalized spacial score (nSPS) is 11.1. The number of aryl methyl sites for hydroxylation is 1. The molecule has 0 saturated heterocycles. The Hall–Kier alpha value is -2.56. The minimum absolute atomic E-state index is 0.281. The smallest absolute Gasteiger partial charge is 0.248 e. The molecule has 0 bridgehead atoms. The van der Waals surface area contributed by atoms with Crippen LogP contribution < -0.4 is 10.1 Å². The lowest BCUT2D eigenvalue weighted by Crippen LogP contribution is -2.08. The lowest BCUT2D eigenvalue weighted by Gasteiger charge is -2.09. The van der Waals surface area contributed by atoms with E-state index in [1.165, 1.54) is 13.2 Å². The predicted molar refractivity (Wildman–Crippen MR) is 107 cm³/mol. The van der Waals surface area contributed by atoms with Gasteiger partial charge in [-0.05, 0) is 49.4 Å². The Balaban J connectivity index is 1.85. The third kappa shape index (κ3) is 3.98. The highest BCUT2D eigenvalue weighted by atomic mass is 35.5. The Morgan fingerprint density at radius 1 is 1.19 bits per heavy atom. The third-order valence-electron chi connectivity index (χ3n) is 3.78. The van der Waals surface area contributed by atoms with Crippen LogP contribution in [0.15, 0.2) is 48.5 Å². The van der Waals surface area contributed by atoms with Crippen molar-refractivity contribution in [1.29, 1.82) is 0 Å². The van der Waals surface area contributed by atoms with Crippen molar-refractivity contribution in [2.75, 3.05) is 12.4 Å². The van der Waals surface area contributed by atoms with Gasteiger partial charge in [-0.2, -0.15) is 0 Å². The van der Waals surface area contributed by atoms with Crippen LogP contribution in [-0.4, -0.2) is 18.0 Å². The van der Waals surface area contributed by atoms with Crippen molar-refractivity contribution >= 4 is 51.8 Å². The van der Waals surface area contributed by atoms with Gasteiger partial charge in [-0.1, -0.05) is 29.3 Å². The zero-order chi connectivity index (χ0) is 18.7. The SMILES string of the molecule is COc1c(Cl)cc(Cl)cc1/C=C/C(=O)Nc1cccc2nc(C)ccc12. The summed E-state index contributed by atoms with van der Waals surface area (Å²) in [6, 6.07) is 12.7. The molecule has 0 spiro atoms. The van der Waals surface area contributed by atoms with Crippen molar-refractivity contribution in [2.24, 2.45) is 0 Å². The van der Waals surface area contributed by atoms with Gasteiger partial charge in [-0.3, -0.25) is 9.78 Å². The van der Waals surface area contributed by atoms with E-state index in [1.54, 1.807) is 18.2 Å². The molecule has 26 heavy (non-hydrogen) atoms. The highest BCUT2D eigenvalue weighted by molar-refractivity contribution is 6.36. The lowest BCUT2D eigenvalue weighted by molar-refractivity contribution is -0.111. The maximum absolute atomic E-state index is 12.3. The molecular weight excluding hydrogens is 371 g/mol. The molecule has 132 valence electrons. The number of halogens is 2. The van der Waals surface area contributed by atoms with Crippen LogP contribution in [0.2, 0.25) is 10.0 Å². The average molecular weight is 387 g/mol. The largest absolute Gasteiger partial charge is 0.495 e. The van der Waals surface area contributed by atoms with E-state index < -0.39 is 0 Å². The maximum atomic E-state index is 12.3. The molecule has 6 heteroatoms. The van der Waals surface area contributed by atoms with Crippen molar-refractivity contribution in [2.45, 2.75) is 6.92 Å². The Kier molecular flexibility index (Phi) is 5.45. The molecule has 4 nitrogen and oxygen atoms in total. The Labute approximate surface area is 161 Å². The second-order valence-electron chi connectivity index (χ2n) is 5.66. The van der Waals surface area contributed by atoms with Gasteiger partial charge in [0, 0.05) is 27.7 Å². The summed E-state index contributed by atoms with van der Waals surface area (Å²) < 4.78 is 5.27. The monoisotopic (exact) mass is 386 g/mol. The van der Waals surface area contributed by atoms with Crippen molar-refractivity contribution in [1.82, 2.24) is 4.98 Å². The van der Waals surface area contributed by atoms with E-state index >= 15 is 0 Å². The van der Waals surface area contributed by atoms with Crippen LogP contribution in [0.4, 0.5) is 5.69 Å².